The van der Waals surface area contributed by atoms with Crippen LogP contribution in [-0.4, -0.2) is 16.4 Å². The van der Waals surface area contributed by atoms with Gasteiger partial charge in [0.2, 0.25) is 0 Å². The third-order valence-corrected chi connectivity index (χ3v) is 2.53. The Hall–Kier alpha value is -0.360. The minimum absolute atomic E-state index is 0.853. The van der Waals surface area contributed by atoms with Crippen molar-refractivity contribution in [1.82, 2.24) is 9.78 Å². The van der Waals surface area contributed by atoms with Crippen LogP contribution in [0.15, 0.2) is 6.07 Å². The van der Waals surface area contributed by atoms with Gasteiger partial charge in [0.1, 0.15) is 0 Å². The van der Waals surface area contributed by atoms with Crippen LogP contribution in [-0.2, 0) is 13.5 Å². The highest BCUT2D eigenvalue weighted by atomic mass is 31.1. The molecule has 1 aromatic heterocycles. The lowest BCUT2D eigenvalue weighted by Gasteiger charge is -1.93. The van der Waals surface area contributed by atoms with Crippen LogP contribution in [0.1, 0.15) is 12.6 Å². The van der Waals surface area contributed by atoms with Gasteiger partial charge in [-0.25, -0.2) is 0 Å². The van der Waals surface area contributed by atoms with Gasteiger partial charge in [0.05, 0.1) is 11.1 Å². The van der Waals surface area contributed by atoms with Crippen molar-refractivity contribution in [2.45, 2.75) is 13.3 Å². The maximum Gasteiger partial charge on any atom is 0.0628 e. The normalized spacial score (nSPS) is 11.5. The quantitative estimate of drug-likeness (QED) is 0.582. The van der Waals surface area contributed by atoms with E-state index in [2.05, 4.69) is 24.8 Å². The smallest absolute Gasteiger partial charge is 0.0628 e. The van der Waals surface area contributed by atoms with Crippen LogP contribution < -0.4 is 5.44 Å². The van der Waals surface area contributed by atoms with E-state index >= 15 is 0 Å². The maximum absolute atomic E-state index is 4.32. The molecule has 0 aromatic carbocycles. The molecular formula is C7H13N2P. The Morgan fingerprint density at radius 3 is 2.70 bits per heavy atom. The van der Waals surface area contributed by atoms with Crippen molar-refractivity contribution in [3.8, 4) is 0 Å². The van der Waals surface area contributed by atoms with Crippen LogP contribution in [0.25, 0.3) is 0 Å². The lowest BCUT2D eigenvalue weighted by atomic mass is 10.3. The summed E-state index contributed by atoms with van der Waals surface area (Å²) in [4.78, 5) is 0. The molecule has 0 aliphatic carbocycles. The Balaban J connectivity index is 2.92. The SMILES string of the molecule is CCc1cc(PC)n(C)n1. The predicted octanol–water partition coefficient (Wildman–Crippen LogP) is 0.916. The number of aryl methyl sites for hydroxylation is 2. The molecule has 1 aromatic rings. The van der Waals surface area contributed by atoms with Gasteiger partial charge >= 0.3 is 0 Å². The van der Waals surface area contributed by atoms with E-state index in [-0.39, 0.29) is 0 Å². The van der Waals surface area contributed by atoms with Gasteiger partial charge in [-0.1, -0.05) is 15.5 Å². The molecule has 0 radical (unpaired) electrons. The fraction of sp³-hybridized carbons (Fsp3) is 0.571. The Bertz CT molecular complexity index is 217. The van der Waals surface area contributed by atoms with E-state index in [1.807, 2.05) is 11.7 Å². The van der Waals surface area contributed by atoms with Crippen LogP contribution in [0.4, 0.5) is 0 Å². The van der Waals surface area contributed by atoms with Gasteiger partial charge in [-0.05, 0) is 19.2 Å². The second kappa shape index (κ2) is 3.16. The fourth-order valence-electron chi connectivity index (χ4n) is 0.933. The van der Waals surface area contributed by atoms with Gasteiger partial charge in [0.15, 0.2) is 0 Å². The van der Waals surface area contributed by atoms with E-state index in [0.29, 0.717) is 0 Å². The number of aromatic nitrogens is 2. The number of hydrogen-bond acceptors (Lipinski definition) is 1. The first-order chi connectivity index (χ1) is 4.77. The number of nitrogens with zero attached hydrogens (tertiary/aromatic N) is 2. The molecule has 0 aliphatic rings. The van der Waals surface area contributed by atoms with E-state index in [0.717, 1.165) is 15.0 Å². The summed E-state index contributed by atoms with van der Waals surface area (Å²) in [6.07, 6.45) is 1.04. The molecule has 1 rings (SSSR count). The molecule has 10 heavy (non-hydrogen) atoms. The van der Waals surface area contributed by atoms with Crippen molar-refractivity contribution in [2.24, 2.45) is 7.05 Å². The second-order valence-electron chi connectivity index (χ2n) is 2.25. The van der Waals surface area contributed by atoms with Gasteiger partial charge in [-0.3, -0.25) is 4.68 Å². The zero-order valence-electron chi connectivity index (χ0n) is 6.68. The van der Waals surface area contributed by atoms with Crippen LogP contribution in [0.3, 0.4) is 0 Å². The molecule has 1 heterocycles. The van der Waals surface area contributed by atoms with Gasteiger partial charge in [0, 0.05) is 7.05 Å². The zero-order valence-corrected chi connectivity index (χ0v) is 7.68. The first-order valence-corrected chi connectivity index (χ1v) is 4.98. The van der Waals surface area contributed by atoms with Crippen molar-refractivity contribution in [3.05, 3.63) is 11.8 Å². The molecular weight excluding hydrogens is 143 g/mol. The molecule has 0 saturated heterocycles. The van der Waals surface area contributed by atoms with Gasteiger partial charge in [0.25, 0.3) is 0 Å². The minimum Gasteiger partial charge on any atom is -0.268 e. The molecule has 3 heteroatoms. The third kappa shape index (κ3) is 1.38. The topological polar surface area (TPSA) is 17.8 Å². The lowest BCUT2D eigenvalue weighted by Crippen LogP contribution is -2.06. The van der Waals surface area contributed by atoms with Gasteiger partial charge < -0.3 is 0 Å². The summed E-state index contributed by atoms with van der Waals surface area (Å²) in [5, 5.41) is 4.32. The molecule has 56 valence electrons. The summed E-state index contributed by atoms with van der Waals surface area (Å²) in [5.41, 5.74) is 2.55. The molecule has 0 fully saturated rings. The van der Waals surface area contributed by atoms with Crippen LogP contribution in [0.2, 0.25) is 0 Å². The van der Waals surface area contributed by atoms with Crippen LogP contribution in [0.5, 0.6) is 0 Å². The van der Waals surface area contributed by atoms with Crippen molar-refractivity contribution in [2.75, 3.05) is 6.66 Å². The van der Waals surface area contributed by atoms with Gasteiger partial charge in [-0.2, -0.15) is 5.10 Å². The molecule has 0 bridgehead atoms. The van der Waals surface area contributed by atoms with Crippen molar-refractivity contribution in [1.29, 1.82) is 0 Å². The summed E-state index contributed by atoms with van der Waals surface area (Å²) in [5.74, 6) is 0. The van der Waals surface area contributed by atoms with E-state index in [1.54, 1.807) is 0 Å². The summed E-state index contributed by atoms with van der Waals surface area (Å²) in [6.45, 7) is 4.31. The molecule has 1 atom stereocenters. The Labute approximate surface area is 63.4 Å². The lowest BCUT2D eigenvalue weighted by molar-refractivity contribution is 0.764. The van der Waals surface area contributed by atoms with Crippen molar-refractivity contribution >= 4 is 14.0 Å². The average Bonchev–Trinajstić information content (AvgIpc) is 2.30. The summed E-state index contributed by atoms with van der Waals surface area (Å²) in [7, 11) is 2.86. The van der Waals surface area contributed by atoms with Crippen LogP contribution >= 0.6 is 8.58 Å². The first kappa shape index (κ1) is 7.74. The van der Waals surface area contributed by atoms with Crippen molar-refractivity contribution < 1.29 is 0 Å². The predicted molar refractivity (Wildman–Crippen MR) is 46.5 cm³/mol. The maximum atomic E-state index is 4.32. The van der Waals surface area contributed by atoms with Gasteiger partial charge in [-0.15, -0.1) is 0 Å². The monoisotopic (exact) mass is 156 g/mol. The summed E-state index contributed by atoms with van der Waals surface area (Å²) < 4.78 is 1.97. The Morgan fingerprint density at radius 2 is 2.40 bits per heavy atom. The van der Waals surface area contributed by atoms with Crippen molar-refractivity contribution in [3.63, 3.8) is 0 Å². The highest BCUT2D eigenvalue weighted by Gasteiger charge is 1.99. The molecule has 1 unspecified atom stereocenters. The van der Waals surface area contributed by atoms with E-state index < -0.39 is 0 Å². The summed E-state index contributed by atoms with van der Waals surface area (Å²) >= 11 is 0. The number of rotatable bonds is 2. The first-order valence-electron chi connectivity index (χ1n) is 3.48. The highest BCUT2D eigenvalue weighted by Crippen LogP contribution is 2.04. The third-order valence-electron chi connectivity index (χ3n) is 1.55. The largest absolute Gasteiger partial charge is 0.268 e. The number of hydrogen-bond donors (Lipinski definition) is 0. The fourth-order valence-corrected chi connectivity index (χ4v) is 1.62. The molecule has 0 amide bonds. The highest BCUT2D eigenvalue weighted by molar-refractivity contribution is 7.46. The molecule has 0 saturated carbocycles. The summed E-state index contributed by atoms with van der Waals surface area (Å²) in [6, 6.07) is 2.18. The van der Waals surface area contributed by atoms with E-state index in [1.165, 1.54) is 11.1 Å². The average molecular weight is 156 g/mol. The molecule has 0 aliphatic heterocycles. The molecule has 2 nitrogen and oxygen atoms in total. The van der Waals surface area contributed by atoms with E-state index in [4.69, 9.17) is 0 Å². The van der Waals surface area contributed by atoms with Crippen LogP contribution in [0, 0.1) is 0 Å². The van der Waals surface area contributed by atoms with E-state index in [9.17, 15) is 0 Å². The Kier molecular flexibility index (Phi) is 2.44. The molecule has 0 spiro atoms. The Morgan fingerprint density at radius 1 is 1.70 bits per heavy atom. The zero-order chi connectivity index (χ0) is 7.56. The molecule has 0 N–H and O–H groups in total. The minimum atomic E-state index is 0.853. The second-order valence-corrected chi connectivity index (χ2v) is 3.26. The standard InChI is InChI=1S/C7H13N2P/c1-4-6-5-7(10-3)9(2)8-6/h5,10H,4H2,1-3H3.